The number of ether oxygens (including phenoxy) is 1. The molecule has 0 bridgehead atoms. The van der Waals surface area contributed by atoms with E-state index in [1.807, 2.05) is 0 Å². The van der Waals surface area contributed by atoms with Crippen molar-refractivity contribution in [2.24, 2.45) is 11.8 Å². The van der Waals surface area contributed by atoms with Crippen molar-refractivity contribution < 1.29 is 4.74 Å². The lowest BCUT2D eigenvalue weighted by Crippen LogP contribution is -2.49. The number of likely N-dealkylation sites (N-methyl/N-ethyl adjacent to an activating group) is 1. The zero-order chi connectivity index (χ0) is 12.8. The van der Waals surface area contributed by atoms with Crippen LogP contribution in [0.25, 0.3) is 0 Å². The van der Waals surface area contributed by atoms with Crippen LogP contribution in [-0.2, 0) is 4.74 Å². The Morgan fingerprint density at radius 2 is 2.06 bits per heavy atom. The van der Waals surface area contributed by atoms with E-state index in [-0.39, 0.29) is 0 Å². The molecule has 102 valence electrons. The van der Waals surface area contributed by atoms with Crippen LogP contribution in [0, 0.1) is 11.8 Å². The van der Waals surface area contributed by atoms with Gasteiger partial charge in [0.25, 0.3) is 0 Å². The average Bonchev–Trinajstić information content (AvgIpc) is 2.19. The van der Waals surface area contributed by atoms with E-state index in [0.29, 0.717) is 18.0 Å². The molecule has 0 aromatic heterocycles. The van der Waals surface area contributed by atoms with Gasteiger partial charge in [-0.25, -0.2) is 0 Å². The normalized spacial score (nSPS) is 27.7. The number of rotatable bonds is 6. The van der Waals surface area contributed by atoms with E-state index < -0.39 is 0 Å². The Kier molecular flexibility index (Phi) is 6.45. The molecule has 0 aromatic carbocycles. The van der Waals surface area contributed by atoms with E-state index in [9.17, 15) is 0 Å². The molecular formula is C14H30N2O. The molecule has 0 spiro atoms. The minimum atomic E-state index is 0.607. The van der Waals surface area contributed by atoms with E-state index in [2.05, 4.69) is 45.1 Å². The third-order valence-electron chi connectivity index (χ3n) is 3.43. The molecule has 0 aromatic rings. The van der Waals surface area contributed by atoms with Gasteiger partial charge >= 0.3 is 0 Å². The Labute approximate surface area is 107 Å². The van der Waals surface area contributed by atoms with Gasteiger partial charge in [-0.3, -0.25) is 0 Å². The maximum absolute atomic E-state index is 5.51. The summed E-state index contributed by atoms with van der Waals surface area (Å²) in [5.74, 6) is 1.39. The van der Waals surface area contributed by atoms with Crippen molar-refractivity contribution in [3.8, 4) is 0 Å². The molecule has 0 saturated carbocycles. The number of nitrogens with zero attached hydrogens (tertiary/aromatic N) is 1. The third kappa shape index (κ3) is 5.84. The van der Waals surface area contributed by atoms with Crippen molar-refractivity contribution in [3.05, 3.63) is 0 Å². The van der Waals surface area contributed by atoms with Crippen molar-refractivity contribution in [1.82, 2.24) is 10.2 Å². The standard InChI is InChI=1S/C14H30N2O/c1-11(2)8-13(9-16(4)5)15-14-6-7-17-10-12(14)3/h11-15H,6-10H2,1-5H3. The molecule has 0 aliphatic carbocycles. The zero-order valence-electron chi connectivity index (χ0n) is 12.2. The van der Waals surface area contributed by atoms with Gasteiger partial charge in [-0.1, -0.05) is 20.8 Å². The summed E-state index contributed by atoms with van der Waals surface area (Å²) in [6, 6.07) is 1.24. The van der Waals surface area contributed by atoms with Crippen molar-refractivity contribution in [1.29, 1.82) is 0 Å². The highest BCUT2D eigenvalue weighted by Gasteiger charge is 2.24. The monoisotopic (exact) mass is 242 g/mol. The molecule has 1 rings (SSSR count). The van der Waals surface area contributed by atoms with E-state index in [1.54, 1.807) is 0 Å². The largest absolute Gasteiger partial charge is 0.381 e. The summed E-state index contributed by atoms with van der Waals surface area (Å²) in [5, 5.41) is 3.85. The number of hydrogen-bond acceptors (Lipinski definition) is 3. The van der Waals surface area contributed by atoms with Crippen LogP contribution in [0.4, 0.5) is 0 Å². The second-order valence-corrected chi connectivity index (χ2v) is 6.20. The van der Waals surface area contributed by atoms with Gasteiger partial charge in [0.1, 0.15) is 0 Å². The van der Waals surface area contributed by atoms with E-state index in [1.165, 1.54) is 6.42 Å². The van der Waals surface area contributed by atoms with Gasteiger partial charge < -0.3 is 15.0 Å². The van der Waals surface area contributed by atoms with Crippen LogP contribution in [-0.4, -0.2) is 50.8 Å². The maximum atomic E-state index is 5.51. The summed E-state index contributed by atoms with van der Waals surface area (Å²) in [6.45, 7) is 9.85. The highest BCUT2D eigenvalue weighted by molar-refractivity contribution is 4.82. The Morgan fingerprint density at radius 1 is 1.35 bits per heavy atom. The van der Waals surface area contributed by atoms with Gasteiger partial charge in [0.05, 0.1) is 6.61 Å². The zero-order valence-corrected chi connectivity index (χ0v) is 12.2. The van der Waals surface area contributed by atoms with Crippen LogP contribution in [0.2, 0.25) is 0 Å². The highest BCUT2D eigenvalue weighted by atomic mass is 16.5. The Morgan fingerprint density at radius 3 is 2.59 bits per heavy atom. The SMILES string of the molecule is CC(C)CC(CN(C)C)NC1CCOCC1C. The lowest BCUT2D eigenvalue weighted by molar-refractivity contribution is 0.0339. The number of hydrogen-bond donors (Lipinski definition) is 1. The van der Waals surface area contributed by atoms with Crippen molar-refractivity contribution in [2.45, 2.75) is 45.7 Å². The quantitative estimate of drug-likeness (QED) is 0.771. The summed E-state index contributed by atoms with van der Waals surface area (Å²) in [6.07, 6.45) is 2.41. The van der Waals surface area contributed by atoms with Crippen LogP contribution >= 0.6 is 0 Å². The van der Waals surface area contributed by atoms with Crippen LogP contribution in [0.1, 0.15) is 33.6 Å². The Bertz CT molecular complexity index is 196. The number of nitrogens with one attached hydrogen (secondary N) is 1. The smallest absolute Gasteiger partial charge is 0.0506 e. The summed E-state index contributed by atoms with van der Waals surface area (Å²) in [5.41, 5.74) is 0. The fourth-order valence-electron chi connectivity index (χ4n) is 2.64. The molecule has 3 atom stereocenters. The van der Waals surface area contributed by atoms with Gasteiger partial charge in [-0.15, -0.1) is 0 Å². The molecule has 1 fully saturated rings. The molecule has 3 nitrogen and oxygen atoms in total. The molecule has 1 aliphatic rings. The van der Waals surface area contributed by atoms with Crippen LogP contribution in [0.5, 0.6) is 0 Å². The highest BCUT2D eigenvalue weighted by Crippen LogP contribution is 2.16. The van der Waals surface area contributed by atoms with Crippen LogP contribution in [0.3, 0.4) is 0 Å². The van der Waals surface area contributed by atoms with E-state index in [4.69, 9.17) is 4.74 Å². The van der Waals surface area contributed by atoms with Crippen molar-refractivity contribution >= 4 is 0 Å². The van der Waals surface area contributed by atoms with E-state index >= 15 is 0 Å². The second kappa shape index (κ2) is 7.34. The first-order chi connectivity index (χ1) is 7.99. The van der Waals surface area contributed by atoms with Gasteiger partial charge in [0, 0.05) is 25.2 Å². The molecule has 3 unspecified atom stereocenters. The fourth-order valence-corrected chi connectivity index (χ4v) is 2.64. The summed E-state index contributed by atoms with van der Waals surface area (Å²) in [7, 11) is 4.31. The first-order valence-corrected chi connectivity index (χ1v) is 6.97. The molecule has 1 N–H and O–H groups in total. The van der Waals surface area contributed by atoms with E-state index in [0.717, 1.165) is 32.1 Å². The van der Waals surface area contributed by atoms with Crippen molar-refractivity contribution in [2.75, 3.05) is 33.9 Å². The molecule has 1 saturated heterocycles. The molecule has 3 heteroatoms. The lowest BCUT2D eigenvalue weighted by atomic mass is 9.95. The first kappa shape index (κ1) is 14.9. The van der Waals surface area contributed by atoms with Crippen molar-refractivity contribution in [3.63, 3.8) is 0 Å². The maximum Gasteiger partial charge on any atom is 0.0506 e. The molecule has 1 heterocycles. The third-order valence-corrected chi connectivity index (χ3v) is 3.43. The topological polar surface area (TPSA) is 24.5 Å². The summed E-state index contributed by atoms with van der Waals surface area (Å²) >= 11 is 0. The van der Waals surface area contributed by atoms with Gasteiger partial charge in [0.15, 0.2) is 0 Å². The lowest BCUT2D eigenvalue weighted by Gasteiger charge is -2.35. The molecule has 17 heavy (non-hydrogen) atoms. The van der Waals surface area contributed by atoms with Crippen LogP contribution < -0.4 is 5.32 Å². The minimum absolute atomic E-state index is 0.607. The fraction of sp³-hybridized carbons (Fsp3) is 1.00. The molecular weight excluding hydrogens is 212 g/mol. The minimum Gasteiger partial charge on any atom is -0.381 e. The van der Waals surface area contributed by atoms with Crippen LogP contribution in [0.15, 0.2) is 0 Å². The van der Waals surface area contributed by atoms with Gasteiger partial charge in [0.2, 0.25) is 0 Å². The van der Waals surface area contributed by atoms with Gasteiger partial charge in [-0.05, 0) is 38.8 Å². The summed E-state index contributed by atoms with van der Waals surface area (Å²) in [4.78, 5) is 2.28. The average molecular weight is 242 g/mol. The Balaban J connectivity index is 2.45. The predicted octanol–water partition coefficient (Wildman–Crippen LogP) is 1.98. The molecule has 1 aliphatic heterocycles. The van der Waals surface area contributed by atoms with Gasteiger partial charge in [-0.2, -0.15) is 0 Å². The first-order valence-electron chi connectivity index (χ1n) is 6.97. The summed E-state index contributed by atoms with van der Waals surface area (Å²) < 4.78 is 5.51. The molecule has 0 radical (unpaired) electrons. The predicted molar refractivity (Wildman–Crippen MR) is 73.3 cm³/mol. The Hall–Kier alpha value is -0.120. The second-order valence-electron chi connectivity index (χ2n) is 6.20. The molecule has 0 amide bonds.